The van der Waals surface area contributed by atoms with Crippen LogP contribution in [-0.2, 0) is 13.6 Å². The second-order valence-corrected chi connectivity index (χ2v) is 6.29. The zero-order chi connectivity index (χ0) is 17.4. The van der Waals surface area contributed by atoms with Crippen LogP contribution < -0.4 is 20.4 Å². The van der Waals surface area contributed by atoms with E-state index in [1.165, 1.54) is 5.56 Å². The minimum absolute atomic E-state index is 0.503. The first-order valence-corrected chi connectivity index (χ1v) is 8.01. The quantitative estimate of drug-likeness (QED) is 0.367. The lowest BCUT2D eigenvalue weighted by Gasteiger charge is -2.18. The Morgan fingerprint density at radius 1 is 1.12 bits per heavy atom. The summed E-state index contributed by atoms with van der Waals surface area (Å²) in [5.41, 5.74) is 3.63. The SMILES string of the molecule is CNCc1ccc2c(c1)c1cccc(N(C)C)c1c(B(O)O)[n+]2C. The number of nitrogens with zero attached hydrogens (tertiary/aromatic N) is 2. The van der Waals surface area contributed by atoms with Crippen molar-refractivity contribution in [1.29, 1.82) is 0 Å². The average Bonchev–Trinajstić information content (AvgIpc) is 2.54. The topological polar surface area (TPSA) is 59.6 Å². The third-order valence-electron chi connectivity index (χ3n) is 4.48. The smallest absolute Gasteiger partial charge is 0.419 e. The van der Waals surface area contributed by atoms with E-state index in [-0.39, 0.29) is 0 Å². The molecule has 124 valence electrons. The summed E-state index contributed by atoms with van der Waals surface area (Å²) in [7, 11) is 6.19. The molecule has 0 fully saturated rings. The van der Waals surface area contributed by atoms with E-state index in [4.69, 9.17) is 0 Å². The van der Waals surface area contributed by atoms with E-state index in [1.54, 1.807) is 0 Å². The number of benzene rings is 2. The molecule has 0 unspecified atom stereocenters. The van der Waals surface area contributed by atoms with E-state index >= 15 is 0 Å². The van der Waals surface area contributed by atoms with Gasteiger partial charge in [0, 0.05) is 37.8 Å². The predicted octanol–water partition coefficient (Wildman–Crippen LogP) is 0.283. The van der Waals surface area contributed by atoms with Crippen LogP contribution in [0.15, 0.2) is 36.4 Å². The number of anilines is 1. The van der Waals surface area contributed by atoms with E-state index in [0.29, 0.717) is 5.59 Å². The maximum absolute atomic E-state index is 10.0. The molecule has 5 nitrogen and oxygen atoms in total. The van der Waals surface area contributed by atoms with Crippen LogP contribution in [0.5, 0.6) is 0 Å². The second-order valence-electron chi connectivity index (χ2n) is 6.29. The van der Waals surface area contributed by atoms with Crippen LogP contribution >= 0.6 is 0 Å². The first-order chi connectivity index (χ1) is 11.5. The molecule has 0 spiro atoms. The number of fused-ring (bicyclic) bond motifs is 3. The van der Waals surface area contributed by atoms with Gasteiger partial charge in [0.25, 0.3) is 0 Å². The van der Waals surface area contributed by atoms with Crippen LogP contribution in [0.1, 0.15) is 5.56 Å². The number of aromatic nitrogens is 1. The molecule has 0 saturated carbocycles. The molecule has 0 saturated heterocycles. The maximum Gasteiger partial charge on any atom is 0.562 e. The first-order valence-electron chi connectivity index (χ1n) is 8.01. The Labute approximate surface area is 142 Å². The van der Waals surface area contributed by atoms with Gasteiger partial charge in [0.15, 0.2) is 0 Å². The summed E-state index contributed by atoms with van der Waals surface area (Å²) in [5.74, 6) is 0. The molecular weight excluding hydrogens is 301 g/mol. The summed E-state index contributed by atoms with van der Waals surface area (Å²) in [6, 6.07) is 12.3. The highest BCUT2D eigenvalue weighted by Crippen LogP contribution is 2.29. The van der Waals surface area contributed by atoms with Crippen LogP contribution in [0, 0.1) is 0 Å². The molecule has 0 aliphatic carbocycles. The number of pyridine rings is 1. The fourth-order valence-corrected chi connectivity index (χ4v) is 3.41. The van der Waals surface area contributed by atoms with Gasteiger partial charge >= 0.3 is 7.12 Å². The number of nitrogens with one attached hydrogen (secondary N) is 1. The summed E-state index contributed by atoms with van der Waals surface area (Å²) in [4.78, 5) is 2.00. The molecule has 3 aromatic rings. The van der Waals surface area contributed by atoms with Crippen LogP contribution in [0.4, 0.5) is 5.69 Å². The lowest BCUT2D eigenvalue weighted by atomic mass is 9.80. The van der Waals surface area contributed by atoms with Gasteiger partial charge in [0.05, 0.1) is 10.8 Å². The van der Waals surface area contributed by atoms with Gasteiger partial charge in [0.2, 0.25) is 11.1 Å². The highest BCUT2D eigenvalue weighted by molar-refractivity contribution is 6.60. The zero-order valence-electron chi connectivity index (χ0n) is 14.5. The summed E-state index contributed by atoms with van der Waals surface area (Å²) < 4.78 is 1.87. The molecule has 0 atom stereocenters. The van der Waals surface area contributed by atoms with E-state index in [0.717, 1.165) is 33.9 Å². The first kappa shape index (κ1) is 16.7. The third-order valence-corrected chi connectivity index (χ3v) is 4.48. The molecule has 0 aliphatic heterocycles. The number of rotatable bonds is 4. The van der Waals surface area contributed by atoms with E-state index in [9.17, 15) is 10.0 Å². The normalized spacial score (nSPS) is 11.2. The van der Waals surface area contributed by atoms with Crippen LogP contribution in [0.2, 0.25) is 0 Å². The van der Waals surface area contributed by atoms with Gasteiger partial charge in [-0.1, -0.05) is 18.2 Å². The van der Waals surface area contributed by atoms with Gasteiger partial charge in [-0.25, -0.2) is 4.57 Å². The molecule has 1 aromatic heterocycles. The van der Waals surface area contributed by atoms with Crippen molar-refractivity contribution in [1.82, 2.24) is 5.32 Å². The van der Waals surface area contributed by atoms with Crippen molar-refractivity contribution in [2.24, 2.45) is 7.05 Å². The van der Waals surface area contributed by atoms with Crippen molar-refractivity contribution in [3.8, 4) is 0 Å². The van der Waals surface area contributed by atoms with Gasteiger partial charge in [-0.2, -0.15) is 0 Å². The van der Waals surface area contributed by atoms with Gasteiger partial charge in [-0.05, 0) is 24.7 Å². The predicted molar refractivity (Wildman–Crippen MR) is 99.5 cm³/mol. The Bertz CT molecular complexity index is 910. The molecule has 2 aromatic carbocycles. The van der Waals surface area contributed by atoms with Crippen LogP contribution in [0.25, 0.3) is 21.7 Å². The standard InChI is InChI=1S/C18H23BN3O2/c1-20-11-12-8-9-15-14(10-12)13-6-5-7-16(21(2)3)17(13)18(19(23)24)22(15)4/h5-10,20,23-24H,11H2,1-4H3/q+1. The van der Waals surface area contributed by atoms with Crippen LogP contribution in [0.3, 0.4) is 0 Å². The van der Waals surface area contributed by atoms with Crippen molar-refractivity contribution in [2.45, 2.75) is 6.54 Å². The fraction of sp³-hybridized carbons (Fsp3) is 0.278. The minimum Gasteiger partial charge on any atom is -0.419 e. The molecule has 24 heavy (non-hydrogen) atoms. The monoisotopic (exact) mass is 324 g/mol. The maximum atomic E-state index is 10.0. The summed E-state index contributed by atoms with van der Waals surface area (Å²) in [5, 5.41) is 26.2. The largest absolute Gasteiger partial charge is 0.562 e. The Hall–Kier alpha value is -2.15. The fourth-order valence-electron chi connectivity index (χ4n) is 3.41. The molecule has 0 aliphatic rings. The summed E-state index contributed by atoms with van der Waals surface area (Å²) in [6.07, 6.45) is 0. The molecule has 0 bridgehead atoms. The van der Waals surface area contributed by atoms with Gasteiger partial charge in [0.1, 0.15) is 7.05 Å². The van der Waals surface area contributed by atoms with Crippen LogP contribution in [-0.4, -0.2) is 38.3 Å². The van der Waals surface area contributed by atoms with E-state index in [1.807, 2.05) is 61.9 Å². The molecule has 3 N–H and O–H groups in total. The highest BCUT2D eigenvalue weighted by atomic mass is 16.4. The van der Waals surface area contributed by atoms with Crippen molar-refractivity contribution in [3.63, 3.8) is 0 Å². The molecule has 6 heteroatoms. The Morgan fingerprint density at radius 2 is 1.88 bits per heavy atom. The summed E-state index contributed by atoms with van der Waals surface area (Å²) >= 11 is 0. The van der Waals surface area contributed by atoms with E-state index < -0.39 is 7.12 Å². The van der Waals surface area contributed by atoms with Crippen molar-refractivity contribution in [2.75, 3.05) is 26.0 Å². The molecule has 0 radical (unpaired) electrons. The molecule has 1 heterocycles. The number of hydrogen-bond acceptors (Lipinski definition) is 4. The van der Waals surface area contributed by atoms with Crippen molar-refractivity contribution < 1.29 is 14.6 Å². The Kier molecular flexibility index (Phi) is 4.45. The summed E-state index contributed by atoms with van der Waals surface area (Å²) in [6.45, 7) is 0.791. The molecular formula is C18H23BN3O2+. The second kappa shape index (κ2) is 6.40. The highest BCUT2D eigenvalue weighted by Gasteiger charge is 2.30. The minimum atomic E-state index is -1.54. The lowest BCUT2D eigenvalue weighted by Crippen LogP contribution is -2.56. The number of hydrogen-bond donors (Lipinski definition) is 3. The van der Waals surface area contributed by atoms with E-state index in [2.05, 4.69) is 17.4 Å². The third kappa shape index (κ3) is 2.63. The van der Waals surface area contributed by atoms with Crippen molar-refractivity contribution in [3.05, 3.63) is 42.0 Å². The Morgan fingerprint density at radius 3 is 2.50 bits per heavy atom. The van der Waals surface area contributed by atoms with Gasteiger partial charge in [-0.15, -0.1) is 0 Å². The molecule has 3 rings (SSSR count). The van der Waals surface area contributed by atoms with Gasteiger partial charge < -0.3 is 20.3 Å². The average molecular weight is 324 g/mol. The Balaban J connectivity index is 2.52. The van der Waals surface area contributed by atoms with Crippen molar-refractivity contribution >= 4 is 40.1 Å². The lowest BCUT2D eigenvalue weighted by molar-refractivity contribution is -0.626. The van der Waals surface area contributed by atoms with Gasteiger partial charge in [-0.3, -0.25) is 0 Å². The zero-order valence-corrected chi connectivity index (χ0v) is 14.5. The number of aryl methyl sites for hydroxylation is 1. The molecule has 0 amide bonds.